The SMILES string of the molecule is CC(C)(C)[Si]OC(C)(C)[C@H]1C[C@H](O)[C@H](n2cnc3c(N)ncnc32)O1. The fourth-order valence-corrected chi connectivity index (χ4v) is 3.46. The van der Waals surface area contributed by atoms with Crippen molar-refractivity contribution in [2.24, 2.45) is 0 Å². The highest BCUT2D eigenvalue weighted by atomic mass is 28.2. The number of ether oxygens (including phenoxy) is 1. The standard InChI is InChI=1S/C16H25N5O3Si/c1-15(2,3)25-24-16(4,5)10-6-9(22)14(23-10)21-8-20-11-12(17)18-7-19-13(11)21/h7-10,14,22H,6H2,1-5H3,(H2,17,18,19)/t9-,10+,14+/m0/s1. The second-order valence-corrected chi connectivity index (χ2v) is 9.87. The second kappa shape index (κ2) is 6.31. The predicted molar refractivity (Wildman–Crippen MR) is 94.9 cm³/mol. The first kappa shape index (κ1) is 18.2. The lowest BCUT2D eigenvalue weighted by atomic mass is 9.98. The van der Waals surface area contributed by atoms with Crippen LogP contribution >= 0.6 is 0 Å². The number of rotatable bonds is 4. The van der Waals surface area contributed by atoms with Crippen molar-refractivity contribution in [3.05, 3.63) is 12.7 Å². The number of aliphatic hydroxyl groups excluding tert-OH is 1. The van der Waals surface area contributed by atoms with Crippen LogP contribution in [0.15, 0.2) is 12.7 Å². The van der Waals surface area contributed by atoms with Gasteiger partial charge in [0.05, 0.1) is 18.0 Å². The third-order valence-electron chi connectivity index (χ3n) is 4.15. The summed E-state index contributed by atoms with van der Waals surface area (Å²) in [7, 11) is 0.341. The Morgan fingerprint density at radius 3 is 2.68 bits per heavy atom. The van der Waals surface area contributed by atoms with Crippen LogP contribution in [-0.2, 0) is 9.16 Å². The molecule has 1 fully saturated rings. The first-order valence-electron chi connectivity index (χ1n) is 8.30. The molecule has 3 heterocycles. The number of imidazole rings is 1. The molecule has 1 saturated heterocycles. The number of aliphatic hydroxyl groups is 1. The van der Waals surface area contributed by atoms with E-state index in [0.29, 0.717) is 33.2 Å². The monoisotopic (exact) mass is 363 g/mol. The molecule has 0 aliphatic carbocycles. The van der Waals surface area contributed by atoms with Gasteiger partial charge in [0.1, 0.15) is 17.9 Å². The summed E-state index contributed by atoms with van der Waals surface area (Å²) in [4.78, 5) is 12.4. The minimum atomic E-state index is -0.681. The van der Waals surface area contributed by atoms with Gasteiger partial charge in [0.15, 0.2) is 17.7 Å². The summed E-state index contributed by atoms with van der Waals surface area (Å²) in [6.07, 6.45) is 1.94. The number of nitrogens with zero attached hydrogens (tertiary/aromatic N) is 4. The van der Waals surface area contributed by atoms with E-state index >= 15 is 0 Å². The number of hydrogen-bond donors (Lipinski definition) is 2. The molecule has 0 spiro atoms. The molecule has 9 heteroatoms. The lowest BCUT2D eigenvalue weighted by Crippen LogP contribution is -2.41. The molecule has 3 N–H and O–H groups in total. The number of fused-ring (bicyclic) bond motifs is 1. The van der Waals surface area contributed by atoms with E-state index in [4.69, 9.17) is 14.9 Å². The van der Waals surface area contributed by atoms with Crippen molar-refractivity contribution in [2.75, 3.05) is 5.73 Å². The van der Waals surface area contributed by atoms with E-state index in [1.807, 2.05) is 13.8 Å². The molecule has 8 nitrogen and oxygen atoms in total. The van der Waals surface area contributed by atoms with Crippen LogP contribution in [0.25, 0.3) is 11.2 Å². The molecule has 0 saturated carbocycles. The van der Waals surface area contributed by atoms with E-state index in [0.717, 1.165) is 0 Å². The molecule has 0 amide bonds. The second-order valence-electron chi connectivity index (χ2n) is 7.96. The fraction of sp³-hybridized carbons (Fsp3) is 0.688. The molecular weight excluding hydrogens is 338 g/mol. The lowest BCUT2D eigenvalue weighted by Gasteiger charge is -2.34. The highest BCUT2D eigenvalue weighted by Gasteiger charge is 2.44. The number of anilines is 1. The van der Waals surface area contributed by atoms with Crippen molar-refractivity contribution in [3.63, 3.8) is 0 Å². The molecule has 2 aromatic heterocycles. The Morgan fingerprint density at radius 2 is 2.00 bits per heavy atom. The minimum Gasteiger partial charge on any atom is -0.409 e. The van der Waals surface area contributed by atoms with Gasteiger partial charge in [-0.25, -0.2) is 15.0 Å². The molecule has 3 rings (SSSR count). The molecule has 0 unspecified atom stereocenters. The van der Waals surface area contributed by atoms with Crippen molar-refractivity contribution in [3.8, 4) is 0 Å². The molecular formula is C16H25N5O3Si. The van der Waals surface area contributed by atoms with Gasteiger partial charge in [0.2, 0.25) is 9.76 Å². The Bertz CT molecular complexity index is 758. The van der Waals surface area contributed by atoms with E-state index in [1.165, 1.54) is 6.33 Å². The summed E-state index contributed by atoms with van der Waals surface area (Å²) in [5.41, 5.74) is 6.38. The Balaban J connectivity index is 1.80. The zero-order chi connectivity index (χ0) is 18.4. The summed E-state index contributed by atoms with van der Waals surface area (Å²) in [6.45, 7) is 10.4. The van der Waals surface area contributed by atoms with Gasteiger partial charge >= 0.3 is 0 Å². The Hall–Kier alpha value is -1.55. The average molecular weight is 363 g/mol. The van der Waals surface area contributed by atoms with E-state index in [2.05, 4.69) is 35.7 Å². The van der Waals surface area contributed by atoms with Crippen molar-refractivity contribution < 1.29 is 14.3 Å². The zero-order valence-corrected chi connectivity index (χ0v) is 16.2. The molecule has 3 atom stereocenters. The van der Waals surface area contributed by atoms with Gasteiger partial charge < -0.3 is 20.0 Å². The number of aromatic nitrogens is 4. The maximum absolute atomic E-state index is 10.5. The van der Waals surface area contributed by atoms with Gasteiger partial charge in [-0.1, -0.05) is 20.8 Å². The van der Waals surface area contributed by atoms with Crippen LogP contribution in [0.3, 0.4) is 0 Å². The van der Waals surface area contributed by atoms with E-state index in [1.54, 1.807) is 10.9 Å². The minimum absolute atomic E-state index is 0.0862. The van der Waals surface area contributed by atoms with Gasteiger partial charge in [-0.15, -0.1) is 0 Å². The summed E-state index contributed by atoms with van der Waals surface area (Å²) >= 11 is 0. The van der Waals surface area contributed by atoms with Gasteiger partial charge in [-0.05, 0) is 18.9 Å². The van der Waals surface area contributed by atoms with Gasteiger partial charge in [0, 0.05) is 6.42 Å². The third-order valence-corrected chi connectivity index (χ3v) is 5.39. The molecule has 1 aliphatic heterocycles. The van der Waals surface area contributed by atoms with Crippen molar-refractivity contribution in [1.29, 1.82) is 0 Å². The highest BCUT2D eigenvalue weighted by Crippen LogP contribution is 2.38. The molecule has 1 aliphatic rings. The van der Waals surface area contributed by atoms with E-state index in [-0.39, 0.29) is 11.1 Å². The topological polar surface area (TPSA) is 108 Å². The van der Waals surface area contributed by atoms with Crippen LogP contribution in [0.4, 0.5) is 5.82 Å². The number of nitrogens with two attached hydrogens (primary N) is 1. The zero-order valence-electron chi connectivity index (χ0n) is 15.2. The largest absolute Gasteiger partial charge is 0.409 e. The maximum Gasteiger partial charge on any atom is 0.236 e. The summed E-state index contributed by atoms with van der Waals surface area (Å²) in [5, 5.41) is 10.6. The molecule has 25 heavy (non-hydrogen) atoms. The molecule has 2 aromatic rings. The fourth-order valence-electron chi connectivity index (χ4n) is 2.76. The summed E-state index contributed by atoms with van der Waals surface area (Å²) in [6, 6.07) is 0. The normalized spacial score (nSPS) is 25.0. The summed E-state index contributed by atoms with van der Waals surface area (Å²) in [5.74, 6) is 0.308. The van der Waals surface area contributed by atoms with Crippen LogP contribution in [0.1, 0.15) is 47.3 Å². The quantitative estimate of drug-likeness (QED) is 0.796. The van der Waals surface area contributed by atoms with Crippen LogP contribution in [0, 0.1) is 0 Å². The van der Waals surface area contributed by atoms with Gasteiger partial charge in [0.25, 0.3) is 0 Å². The lowest BCUT2D eigenvalue weighted by molar-refractivity contribution is -0.0978. The maximum atomic E-state index is 10.5. The first-order valence-corrected chi connectivity index (χ1v) is 9.21. The summed E-state index contributed by atoms with van der Waals surface area (Å²) < 4.78 is 14.0. The molecule has 2 radical (unpaired) electrons. The van der Waals surface area contributed by atoms with E-state index in [9.17, 15) is 5.11 Å². The van der Waals surface area contributed by atoms with Gasteiger partial charge in [-0.2, -0.15) is 0 Å². The first-order chi connectivity index (χ1) is 11.6. The van der Waals surface area contributed by atoms with Crippen molar-refractivity contribution in [2.45, 2.75) is 70.1 Å². The Morgan fingerprint density at radius 1 is 1.28 bits per heavy atom. The predicted octanol–water partition coefficient (Wildman–Crippen LogP) is 1.69. The molecule has 136 valence electrons. The van der Waals surface area contributed by atoms with Crippen LogP contribution in [0.2, 0.25) is 5.04 Å². The molecule has 0 aromatic carbocycles. The van der Waals surface area contributed by atoms with Gasteiger partial charge in [-0.3, -0.25) is 4.57 Å². The Labute approximate surface area is 149 Å². The number of hydrogen-bond acceptors (Lipinski definition) is 7. The van der Waals surface area contributed by atoms with Crippen LogP contribution in [-0.4, -0.2) is 52.2 Å². The van der Waals surface area contributed by atoms with Crippen molar-refractivity contribution >= 4 is 26.7 Å². The number of nitrogen functional groups attached to an aromatic ring is 1. The highest BCUT2D eigenvalue weighted by molar-refractivity contribution is 6.31. The smallest absolute Gasteiger partial charge is 0.236 e. The third kappa shape index (κ3) is 3.69. The van der Waals surface area contributed by atoms with Crippen molar-refractivity contribution in [1.82, 2.24) is 19.5 Å². The van der Waals surface area contributed by atoms with Crippen LogP contribution in [0.5, 0.6) is 0 Å². The van der Waals surface area contributed by atoms with Crippen LogP contribution < -0.4 is 5.73 Å². The van der Waals surface area contributed by atoms with E-state index < -0.39 is 17.9 Å². The average Bonchev–Trinajstić information content (AvgIpc) is 3.09. The Kier molecular flexibility index (Phi) is 4.61. The molecule has 0 bridgehead atoms.